The minimum Gasteiger partial charge on any atom is -0.504 e. The van der Waals surface area contributed by atoms with Crippen LogP contribution < -0.4 is 0 Å². The summed E-state index contributed by atoms with van der Waals surface area (Å²) in [6.07, 6.45) is 1.47. The minimum absolute atomic E-state index is 0.0666. The number of hydrogen-bond acceptors (Lipinski definition) is 4. The van der Waals surface area contributed by atoms with Gasteiger partial charge in [0.2, 0.25) is 0 Å². The summed E-state index contributed by atoms with van der Waals surface area (Å²) in [6, 6.07) is 18.3. The van der Waals surface area contributed by atoms with Crippen molar-refractivity contribution in [2.24, 2.45) is 0 Å². The van der Waals surface area contributed by atoms with Crippen LogP contribution in [0.3, 0.4) is 0 Å². The van der Waals surface area contributed by atoms with Gasteiger partial charge in [0.25, 0.3) is 0 Å². The van der Waals surface area contributed by atoms with E-state index in [1.807, 2.05) is 24.3 Å². The number of benzene rings is 3. The molecule has 0 fully saturated rings. The molecule has 0 heterocycles. The van der Waals surface area contributed by atoms with Gasteiger partial charge in [0.1, 0.15) is 0 Å². The lowest BCUT2D eigenvalue weighted by Crippen LogP contribution is -2.15. The van der Waals surface area contributed by atoms with Crippen molar-refractivity contribution in [3.8, 4) is 11.5 Å². The van der Waals surface area contributed by atoms with Gasteiger partial charge < -0.3 is 10.2 Å². The third-order valence-corrected chi connectivity index (χ3v) is 4.46. The van der Waals surface area contributed by atoms with Crippen molar-refractivity contribution in [3.05, 3.63) is 101 Å². The van der Waals surface area contributed by atoms with Crippen LogP contribution in [0.5, 0.6) is 11.5 Å². The number of carbonyl (C=O) groups excluding carboxylic acids is 2. The molecule has 26 heavy (non-hydrogen) atoms. The lowest BCUT2D eigenvalue weighted by Gasteiger charge is -2.21. The zero-order valence-electron chi connectivity index (χ0n) is 13.6. The molecule has 1 aliphatic carbocycles. The molecule has 126 valence electrons. The summed E-state index contributed by atoms with van der Waals surface area (Å²) in [4.78, 5) is 25.4. The fraction of sp³-hybridized carbons (Fsp3) is 0. The topological polar surface area (TPSA) is 74.6 Å². The Morgan fingerprint density at radius 2 is 1.27 bits per heavy atom. The predicted molar refractivity (Wildman–Crippen MR) is 97.5 cm³/mol. The molecule has 0 radical (unpaired) electrons. The summed E-state index contributed by atoms with van der Waals surface area (Å²) in [5, 5.41) is 19.1. The van der Waals surface area contributed by atoms with Gasteiger partial charge in [-0.15, -0.1) is 0 Å². The van der Waals surface area contributed by atoms with Gasteiger partial charge in [0.05, 0.1) is 0 Å². The second-order valence-corrected chi connectivity index (χ2v) is 6.05. The summed E-state index contributed by atoms with van der Waals surface area (Å²) in [6.45, 7) is 0. The highest BCUT2D eigenvalue weighted by atomic mass is 16.3. The van der Waals surface area contributed by atoms with E-state index in [0.717, 1.165) is 0 Å². The number of rotatable bonds is 2. The first kappa shape index (κ1) is 15.8. The molecular weight excluding hydrogens is 328 g/mol. The minimum atomic E-state index is -0.353. The largest absolute Gasteiger partial charge is 0.504 e. The van der Waals surface area contributed by atoms with Crippen LogP contribution in [0.15, 0.2) is 72.8 Å². The Kier molecular flexibility index (Phi) is 3.66. The van der Waals surface area contributed by atoms with Gasteiger partial charge in [-0.05, 0) is 41.0 Å². The van der Waals surface area contributed by atoms with Crippen LogP contribution in [0.2, 0.25) is 0 Å². The Bertz CT molecular complexity index is 1040. The highest BCUT2D eigenvalue weighted by molar-refractivity contribution is 6.21. The summed E-state index contributed by atoms with van der Waals surface area (Å²) in [7, 11) is 0. The molecule has 4 rings (SSSR count). The van der Waals surface area contributed by atoms with Crippen LogP contribution in [-0.2, 0) is 0 Å². The van der Waals surface area contributed by atoms with Crippen LogP contribution in [0, 0.1) is 0 Å². The average Bonchev–Trinajstić information content (AvgIpc) is 2.67. The molecule has 0 saturated carbocycles. The number of allylic oxidation sites excluding steroid dienone is 1. The number of ketones is 2. The van der Waals surface area contributed by atoms with Crippen molar-refractivity contribution < 1.29 is 19.8 Å². The smallest absolute Gasteiger partial charge is 0.194 e. The van der Waals surface area contributed by atoms with E-state index in [4.69, 9.17) is 0 Å². The average molecular weight is 342 g/mol. The lowest BCUT2D eigenvalue weighted by atomic mass is 9.80. The van der Waals surface area contributed by atoms with Crippen molar-refractivity contribution in [2.45, 2.75) is 0 Å². The molecule has 3 aromatic carbocycles. The Morgan fingerprint density at radius 1 is 0.731 bits per heavy atom. The molecule has 2 N–H and O–H groups in total. The van der Waals surface area contributed by atoms with Crippen LogP contribution in [0.25, 0.3) is 5.57 Å². The molecule has 0 aliphatic heterocycles. The second-order valence-electron chi connectivity index (χ2n) is 6.05. The van der Waals surface area contributed by atoms with E-state index in [1.54, 1.807) is 24.3 Å². The number of aromatic hydroxyl groups is 2. The molecule has 3 aromatic rings. The van der Waals surface area contributed by atoms with Gasteiger partial charge in [0, 0.05) is 16.7 Å². The SMILES string of the molecule is O=C(C=C1c2ccccc2C(=O)c2ccccc21)c1ccc(O)c(O)c1. The normalized spacial score (nSPS) is 12.3. The first-order valence-corrected chi connectivity index (χ1v) is 8.08. The fourth-order valence-corrected chi connectivity index (χ4v) is 3.17. The van der Waals surface area contributed by atoms with Crippen molar-refractivity contribution in [3.63, 3.8) is 0 Å². The van der Waals surface area contributed by atoms with E-state index in [-0.39, 0.29) is 28.6 Å². The van der Waals surface area contributed by atoms with Gasteiger partial charge in [-0.3, -0.25) is 9.59 Å². The van der Waals surface area contributed by atoms with Crippen molar-refractivity contribution >= 4 is 17.1 Å². The fourth-order valence-electron chi connectivity index (χ4n) is 3.17. The molecule has 0 spiro atoms. The number of fused-ring (bicyclic) bond motifs is 2. The van der Waals surface area contributed by atoms with Crippen molar-refractivity contribution in [2.75, 3.05) is 0 Å². The standard InChI is InChI=1S/C22H14O4/c23-19-10-9-13(11-21(19)25)20(24)12-18-14-5-1-3-7-16(14)22(26)17-8-4-2-6-15(17)18/h1-12,23,25H. The van der Waals surface area contributed by atoms with Crippen LogP contribution in [0.4, 0.5) is 0 Å². The third-order valence-electron chi connectivity index (χ3n) is 4.46. The van der Waals surface area contributed by atoms with Gasteiger partial charge in [-0.25, -0.2) is 0 Å². The molecule has 0 aromatic heterocycles. The van der Waals surface area contributed by atoms with Crippen LogP contribution in [-0.4, -0.2) is 21.8 Å². The first-order chi connectivity index (χ1) is 12.6. The Hall–Kier alpha value is -3.66. The molecule has 0 unspecified atom stereocenters. The third kappa shape index (κ3) is 2.48. The first-order valence-electron chi connectivity index (χ1n) is 8.08. The second kappa shape index (κ2) is 6.01. The van der Waals surface area contributed by atoms with E-state index < -0.39 is 0 Å². The predicted octanol–water partition coefficient (Wildman–Crippen LogP) is 3.96. The number of phenols is 2. The highest BCUT2D eigenvalue weighted by Gasteiger charge is 2.26. The highest BCUT2D eigenvalue weighted by Crippen LogP contribution is 2.36. The summed E-state index contributed by atoms with van der Waals surface area (Å²) in [5.74, 6) is -1.03. The number of hydrogen-bond donors (Lipinski definition) is 2. The van der Waals surface area contributed by atoms with Crippen LogP contribution in [0.1, 0.15) is 37.4 Å². The molecule has 0 amide bonds. The maximum atomic E-state index is 12.7. The van der Waals surface area contributed by atoms with E-state index in [0.29, 0.717) is 27.8 Å². The molecule has 4 heteroatoms. The van der Waals surface area contributed by atoms with Gasteiger partial charge >= 0.3 is 0 Å². The molecule has 4 nitrogen and oxygen atoms in total. The zero-order valence-corrected chi connectivity index (χ0v) is 13.6. The Balaban J connectivity index is 1.89. The summed E-state index contributed by atoms with van der Waals surface area (Å²) >= 11 is 0. The van der Waals surface area contributed by atoms with E-state index >= 15 is 0 Å². The van der Waals surface area contributed by atoms with Crippen molar-refractivity contribution in [1.82, 2.24) is 0 Å². The zero-order chi connectivity index (χ0) is 18.3. The number of phenolic OH excluding ortho intramolecular Hbond substituents is 2. The molecular formula is C22H14O4. The summed E-state index contributed by atoms with van der Waals surface area (Å²) < 4.78 is 0. The molecule has 1 aliphatic rings. The lowest BCUT2D eigenvalue weighted by molar-refractivity contribution is 0.103. The molecule has 0 saturated heterocycles. The monoisotopic (exact) mass is 342 g/mol. The molecule has 0 bridgehead atoms. The van der Waals surface area contributed by atoms with E-state index in [9.17, 15) is 19.8 Å². The number of carbonyl (C=O) groups is 2. The van der Waals surface area contributed by atoms with E-state index in [1.165, 1.54) is 24.3 Å². The maximum Gasteiger partial charge on any atom is 0.194 e. The molecule has 0 atom stereocenters. The summed E-state index contributed by atoms with van der Waals surface area (Å²) in [5.41, 5.74) is 3.42. The quantitative estimate of drug-likeness (QED) is 0.328. The Morgan fingerprint density at radius 3 is 1.81 bits per heavy atom. The maximum absolute atomic E-state index is 12.7. The Labute approximate surface area is 149 Å². The van der Waals surface area contributed by atoms with Gasteiger partial charge in [-0.2, -0.15) is 0 Å². The van der Waals surface area contributed by atoms with E-state index in [2.05, 4.69) is 0 Å². The van der Waals surface area contributed by atoms with Gasteiger partial charge in [-0.1, -0.05) is 48.5 Å². The van der Waals surface area contributed by atoms with Crippen LogP contribution >= 0.6 is 0 Å². The van der Waals surface area contributed by atoms with Gasteiger partial charge in [0.15, 0.2) is 23.1 Å². The van der Waals surface area contributed by atoms with Crippen molar-refractivity contribution in [1.29, 1.82) is 0 Å².